The summed E-state index contributed by atoms with van der Waals surface area (Å²) in [5.41, 5.74) is 2.58. The Bertz CT molecular complexity index is 1710. The lowest BCUT2D eigenvalue weighted by Gasteiger charge is -2.28. The van der Waals surface area contributed by atoms with Gasteiger partial charge in [-0.3, -0.25) is 13.9 Å². The van der Waals surface area contributed by atoms with Crippen molar-refractivity contribution < 1.29 is 17.6 Å². The molecule has 41 heavy (non-hydrogen) atoms. The minimum absolute atomic E-state index is 0.0550. The summed E-state index contributed by atoms with van der Waals surface area (Å²) in [5.74, 6) is -1.11. The van der Waals surface area contributed by atoms with Crippen molar-refractivity contribution in [2.75, 3.05) is 32.7 Å². The number of imidazole rings is 1. The van der Waals surface area contributed by atoms with Crippen LogP contribution in [0.25, 0.3) is 16.9 Å². The molecular formula is C30H32FN5O4S. The van der Waals surface area contributed by atoms with Crippen molar-refractivity contribution in [3.8, 4) is 16.9 Å². The van der Waals surface area contributed by atoms with Crippen molar-refractivity contribution in [2.45, 2.75) is 24.8 Å². The molecule has 3 aromatic carbocycles. The Morgan fingerprint density at radius 3 is 2.32 bits per heavy atom. The van der Waals surface area contributed by atoms with Gasteiger partial charge in [0.15, 0.2) is 0 Å². The minimum Gasteiger partial charge on any atom is -0.335 e. The molecule has 0 spiro atoms. The first kappa shape index (κ1) is 28.5. The molecule has 0 saturated carbocycles. The maximum absolute atomic E-state index is 14.1. The third-order valence-electron chi connectivity index (χ3n) is 7.13. The molecule has 9 nitrogen and oxygen atoms in total. The second-order valence-corrected chi connectivity index (χ2v) is 11.6. The van der Waals surface area contributed by atoms with Crippen LogP contribution < -0.4 is 15.7 Å². The number of halogens is 1. The van der Waals surface area contributed by atoms with Gasteiger partial charge in [-0.05, 0) is 37.1 Å². The van der Waals surface area contributed by atoms with E-state index in [1.165, 1.54) is 22.8 Å². The van der Waals surface area contributed by atoms with Crippen molar-refractivity contribution in [2.24, 2.45) is 0 Å². The summed E-state index contributed by atoms with van der Waals surface area (Å²) in [5, 5.41) is 3.25. The number of hydrogen-bond acceptors (Lipinski definition) is 5. The van der Waals surface area contributed by atoms with Gasteiger partial charge < -0.3 is 10.2 Å². The maximum Gasteiger partial charge on any atom is 0.333 e. The Kier molecular flexibility index (Phi) is 8.48. The van der Waals surface area contributed by atoms with E-state index in [9.17, 15) is 22.4 Å². The van der Waals surface area contributed by atoms with Gasteiger partial charge in [0.05, 0.1) is 11.4 Å². The van der Waals surface area contributed by atoms with Gasteiger partial charge in [-0.2, -0.15) is 0 Å². The molecule has 2 heterocycles. The third kappa shape index (κ3) is 5.88. The van der Waals surface area contributed by atoms with E-state index in [2.05, 4.69) is 10.0 Å². The quantitative estimate of drug-likeness (QED) is 0.298. The van der Waals surface area contributed by atoms with Gasteiger partial charge in [-0.15, -0.1) is 0 Å². The Hall–Kier alpha value is -4.06. The third-order valence-corrected chi connectivity index (χ3v) is 8.62. The molecule has 2 N–H and O–H groups in total. The average molecular weight is 578 g/mol. The monoisotopic (exact) mass is 577 g/mol. The molecule has 214 valence electrons. The standard InChI is InChI=1S/C30H32FN5O4S/c1-22-10-5-7-14-25(22)36-27(23-11-3-2-4-12-23)28(29(37)34-20-17-32-18-21-34)35(30(36)38)19-9-16-33-41(39,40)26-15-8-6-13-24(26)31/h2-8,10-15,32-33H,9,16-21H2,1H3. The van der Waals surface area contributed by atoms with Gasteiger partial charge in [0.1, 0.15) is 16.4 Å². The molecule has 0 aliphatic carbocycles. The highest BCUT2D eigenvalue weighted by molar-refractivity contribution is 7.89. The average Bonchev–Trinajstić information content (AvgIpc) is 3.27. The number of amides is 1. The van der Waals surface area contributed by atoms with Crippen LogP contribution in [0.1, 0.15) is 22.5 Å². The molecule has 0 unspecified atom stereocenters. The zero-order valence-corrected chi connectivity index (χ0v) is 23.5. The van der Waals surface area contributed by atoms with Crippen LogP contribution in [0.15, 0.2) is 88.6 Å². The molecular weight excluding hydrogens is 545 g/mol. The topological polar surface area (TPSA) is 105 Å². The zero-order valence-electron chi connectivity index (χ0n) is 22.7. The first-order chi connectivity index (χ1) is 19.8. The number of aromatic nitrogens is 2. The van der Waals surface area contributed by atoms with Gasteiger partial charge in [-0.1, -0.05) is 60.7 Å². The van der Waals surface area contributed by atoms with Crippen LogP contribution in [0.3, 0.4) is 0 Å². The SMILES string of the molecule is Cc1ccccc1-n1c(-c2ccccc2)c(C(=O)N2CCNCC2)n(CCCNS(=O)(=O)c2ccccc2F)c1=O. The number of carbonyl (C=O) groups excluding carboxylic acids is 1. The van der Waals surface area contributed by atoms with Gasteiger partial charge in [0.25, 0.3) is 5.91 Å². The largest absolute Gasteiger partial charge is 0.335 e. The number of rotatable bonds is 9. The van der Waals surface area contributed by atoms with Crippen molar-refractivity contribution >= 4 is 15.9 Å². The van der Waals surface area contributed by atoms with E-state index < -0.39 is 26.4 Å². The van der Waals surface area contributed by atoms with Crippen molar-refractivity contribution in [3.63, 3.8) is 0 Å². The van der Waals surface area contributed by atoms with Crippen molar-refractivity contribution in [1.29, 1.82) is 0 Å². The molecule has 4 aromatic rings. The Morgan fingerprint density at radius 1 is 0.951 bits per heavy atom. The minimum atomic E-state index is -4.09. The molecule has 11 heteroatoms. The lowest BCUT2D eigenvalue weighted by atomic mass is 10.1. The summed E-state index contributed by atoms with van der Waals surface area (Å²) in [6, 6.07) is 21.9. The van der Waals surface area contributed by atoms with Gasteiger partial charge >= 0.3 is 5.69 Å². The van der Waals surface area contributed by atoms with Crippen molar-refractivity contribution in [3.05, 3.63) is 106 Å². The van der Waals surface area contributed by atoms with E-state index in [1.54, 1.807) is 9.47 Å². The lowest BCUT2D eigenvalue weighted by Crippen LogP contribution is -2.47. The number of piperazine rings is 1. The number of nitrogens with zero attached hydrogens (tertiary/aromatic N) is 3. The van der Waals surface area contributed by atoms with Gasteiger partial charge in [-0.25, -0.2) is 22.3 Å². The number of nitrogens with one attached hydrogen (secondary N) is 2. The lowest BCUT2D eigenvalue weighted by molar-refractivity contribution is 0.0725. The number of hydrogen-bond donors (Lipinski definition) is 2. The number of benzene rings is 3. The highest BCUT2D eigenvalue weighted by Crippen LogP contribution is 2.29. The number of sulfonamides is 1. The maximum atomic E-state index is 14.1. The van der Waals surface area contributed by atoms with Crippen LogP contribution in [-0.4, -0.2) is 61.1 Å². The number of carbonyl (C=O) groups is 1. The van der Waals surface area contributed by atoms with E-state index >= 15 is 0 Å². The first-order valence-corrected chi connectivity index (χ1v) is 15.0. The second kappa shape index (κ2) is 12.2. The zero-order chi connectivity index (χ0) is 29.0. The summed E-state index contributed by atoms with van der Waals surface area (Å²) < 4.78 is 44.9. The number of para-hydroxylation sites is 1. The molecule has 1 fully saturated rings. The molecule has 1 aliphatic heterocycles. The first-order valence-electron chi connectivity index (χ1n) is 13.5. The predicted octanol–water partition coefficient (Wildman–Crippen LogP) is 3.17. The van der Waals surface area contributed by atoms with Gasteiger partial charge in [0.2, 0.25) is 10.0 Å². The molecule has 0 bridgehead atoms. The molecule has 0 radical (unpaired) electrons. The second-order valence-electron chi connectivity index (χ2n) is 9.84. The fourth-order valence-corrected chi connectivity index (χ4v) is 6.22. The Balaban J connectivity index is 1.56. The van der Waals surface area contributed by atoms with Gasteiger partial charge in [0, 0.05) is 44.8 Å². The molecule has 1 aliphatic rings. The van der Waals surface area contributed by atoms with Crippen LogP contribution >= 0.6 is 0 Å². The highest BCUT2D eigenvalue weighted by Gasteiger charge is 2.31. The van der Waals surface area contributed by atoms with Crippen molar-refractivity contribution in [1.82, 2.24) is 24.1 Å². The smallest absolute Gasteiger partial charge is 0.333 e. The normalized spacial score (nSPS) is 13.9. The fraction of sp³-hybridized carbons (Fsp3) is 0.267. The van der Waals surface area contributed by atoms with Crippen LogP contribution in [0, 0.1) is 12.7 Å². The van der Waals surface area contributed by atoms with Crippen LogP contribution in [0.2, 0.25) is 0 Å². The van der Waals surface area contributed by atoms with Crippen LogP contribution in [-0.2, 0) is 16.6 Å². The molecule has 1 saturated heterocycles. The Labute approximate surface area is 238 Å². The molecule has 1 amide bonds. The number of aryl methyl sites for hydroxylation is 1. The molecule has 5 rings (SSSR count). The van der Waals surface area contributed by atoms with Crippen LogP contribution in [0.4, 0.5) is 4.39 Å². The highest BCUT2D eigenvalue weighted by atomic mass is 32.2. The van der Waals surface area contributed by atoms with E-state index in [4.69, 9.17) is 0 Å². The van der Waals surface area contributed by atoms with E-state index in [1.807, 2.05) is 61.5 Å². The van der Waals surface area contributed by atoms with E-state index in [0.717, 1.165) is 11.6 Å². The molecule has 0 atom stereocenters. The van der Waals surface area contributed by atoms with Crippen LogP contribution in [0.5, 0.6) is 0 Å². The summed E-state index contributed by atoms with van der Waals surface area (Å²) in [7, 11) is -4.09. The fourth-order valence-electron chi connectivity index (χ4n) is 5.07. The van der Waals surface area contributed by atoms with E-state index in [0.29, 0.717) is 43.1 Å². The van der Waals surface area contributed by atoms with E-state index in [-0.39, 0.29) is 31.1 Å². The Morgan fingerprint density at radius 2 is 1.61 bits per heavy atom. The summed E-state index contributed by atoms with van der Waals surface area (Å²) >= 11 is 0. The summed E-state index contributed by atoms with van der Waals surface area (Å²) in [4.78, 5) is 29.5. The molecule has 1 aromatic heterocycles. The summed E-state index contributed by atoms with van der Waals surface area (Å²) in [6.45, 7) is 4.21. The summed E-state index contributed by atoms with van der Waals surface area (Å²) in [6.07, 6.45) is 0.196. The predicted molar refractivity (Wildman–Crippen MR) is 155 cm³/mol.